The molecule has 4 aromatic carbocycles. The maximum absolute atomic E-state index is 14.0. The molecule has 0 amide bonds. The van der Waals surface area contributed by atoms with E-state index >= 15 is 0 Å². The molecular formula is C36H35N3O2S. The minimum Gasteiger partial charge on any atom is -0.468 e. The lowest BCUT2D eigenvalue weighted by molar-refractivity contribution is -0.150. The molecule has 5 nitrogen and oxygen atoms in total. The summed E-state index contributed by atoms with van der Waals surface area (Å²) in [7, 11) is 1.50. The lowest BCUT2D eigenvalue weighted by Gasteiger charge is -2.44. The number of para-hydroxylation sites is 1. The number of methoxy groups -OCH3 is 1. The zero-order valence-corrected chi connectivity index (χ0v) is 24.6. The molecule has 0 aliphatic carbocycles. The molecule has 0 N–H and O–H groups in total. The van der Waals surface area contributed by atoms with Gasteiger partial charge < -0.3 is 4.74 Å². The average molecular weight is 574 g/mol. The predicted molar refractivity (Wildman–Crippen MR) is 171 cm³/mol. The second kappa shape index (κ2) is 12.9. The number of aliphatic imine (C=N–C) groups is 1. The SMILES string of the molecule is COC(=O)C1/C(=C/Cc2ccccc2)SC(=Nc2ccccc2)C12N(Cc1ccccc1)CCN2Cc1ccccc1. The van der Waals surface area contributed by atoms with Gasteiger partial charge >= 0.3 is 5.97 Å². The largest absolute Gasteiger partial charge is 0.468 e. The van der Waals surface area contributed by atoms with Crippen LogP contribution < -0.4 is 0 Å². The summed E-state index contributed by atoms with van der Waals surface area (Å²) in [5, 5.41) is 0.910. The fraction of sp³-hybridized carbons (Fsp3) is 0.222. The van der Waals surface area contributed by atoms with E-state index in [0.29, 0.717) is 13.1 Å². The first-order valence-electron chi connectivity index (χ1n) is 14.4. The molecular weight excluding hydrogens is 538 g/mol. The lowest BCUT2D eigenvalue weighted by Crippen LogP contribution is -2.62. The molecule has 42 heavy (non-hydrogen) atoms. The van der Waals surface area contributed by atoms with Crippen LogP contribution in [-0.2, 0) is 29.0 Å². The molecule has 1 spiro atoms. The summed E-state index contributed by atoms with van der Waals surface area (Å²) >= 11 is 1.63. The van der Waals surface area contributed by atoms with Crippen LogP contribution in [0.15, 0.2) is 137 Å². The van der Waals surface area contributed by atoms with E-state index in [4.69, 9.17) is 9.73 Å². The highest BCUT2D eigenvalue weighted by atomic mass is 32.2. The van der Waals surface area contributed by atoms with Gasteiger partial charge in [-0.3, -0.25) is 14.6 Å². The highest BCUT2D eigenvalue weighted by Crippen LogP contribution is 2.54. The Balaban J connectivity index is 1.53. The van der Waals surface area contributed by atoms with Gasteiger partial charge in [0.05, 0.1) is 12.8 Å². The number of carbonyl (C=O) groups excluding carboxylic acids is 1. The lowest BCUT2D eigenvalue weighted by atomic mass is 9.88. The van der Waals surface area contributed by atoms with Crippen molar-refractivity contribution >= 4 is 28.5 Å². The number of thioether (sulfide) groups is 1. The second-order valence-electron chi connectivity index (χ2n) is 10.6. The zero-order valence-electron chi connectivity index (χ0n) is 23.8. The number of esters is 1. The van der Waals surface area contributed by atoms with E-state index in [1.54, 1.807) is 11.8 Å². The number of allylic oxidation sites excluding steroid dienone is 1. The van der Waals surface area contributed by atoms with Crippen molar-refractivity contribution in [2.75, 3.05) is 20.2 Å². The van der Waals surface area contributed by atoms with Gasteiger partial charge in [0, 0.05) is 31.1 Å². The van der Waals surface area contributed by atoms with Crippen molar-refractivity contribution in [2.24, 2.45) is 10.9 Å². The van der Waals surface area contributed by atoms with Crippen LogP contribution in [0.1, 0.15) is 16.7 Å². The number of nitrogens with zero attached hydrogens (tertiary/aromatic N) is 3. The Hall–Kier alpha value is -3.97. The third-order valence-corrected chi connectivity index (χ3v) is 9.28. The van der Waals surface area contributed by atoms with E-state index < -0.39 is 11.6 Å². The molecule has 6 rings (SSSR count). The van der Waals surface area contributed by atoms with Crippen molar-refractivity contribution in [3.8, 4) is 0 Å². The van der Waals surface area contributed by atoms with Crippen molar-refractivity contribution in [1.29, 1.82) is 0 Å². The topological polar surface area (TPSA) is 45.1 Å². The maximum atomic E-state index is 14.0. The molecule has 0 saturated carbocycles. The molecule has 0 radical (unpaired) electrons. The standard InChI is InChI=1S/C36H35N3O2S/c1-41-34(40)33-32(23-22-28-14-6-2-7-15-28)42-35(37-31-20-12-5-13-21-31)36(33)38(26-29-16-8-3-9-17-29)24-25-39(36)27-30-18-10-4-11-19-30/h2-21,23,33H,22,24-27H2,1H3/b32-23-,37-35?. The maximum Gasteiger partial charge on any atom is 0.317 e. The molecule has 2 saturated heterocycles. The van der Waals surface area contributed by atoms with E-state index in [-0.39, 0.29) is 5.97 Å². The minimum absolute atomic E-state index is 0.238. The van der Waals surface area contributed by atoms with Gasteiger partial charge in [0.25, 0.3) is 0 Å². The van der Waals surface area contributed by atoms with Crippen LogP contribution in [0.25, 0.3) is 0 Å². The van der Waals surface area contributed by atoms with Gasteiger partial charge in [0.15, 0.2) is 0 Å². The van der Waals surface area contributed by atoms with Crippen LogP contribution in [0.3, 0.4) is 0 Å². The first-order valence-corrected chi connectivity index (χ1v) is 15.2. The van der Waals surface area contributed by atoms with Crippen LogP contribution in [-0.4, -0.2) is 46.7 Å². The van der Waals surface area contributed by atoms with Crippen molar-refractivity contribution in [3.05, 3.63) is 149 Å². The van der Waals surface area contributed by atoms with Crippen LogP contribution >= 0.6 is 11.8 Å². The fourth-order valence-electron chi connectivity index (χ4n) is 6.11. The van der Waals surface area contributed by atoms with Crippen molar-refractivity contribution < 1.29 is 9.53 Å². The van der Waals surface area contributed by atoms with E-state index in [9.17, 15) is 4.79 Å². The minimum atomic E-state index is -0.804. The second-order valence-corrected chi connectivity index (χ2v) is 11.7. The number of ether oxygens (including phenoxy) is 1. The quantitative estimate of drug-likeness (QED) is 0.211. The van der Waals surface area contributed by atoms with Gasteiger partial charge in [-0.25, -0.2) is 4.99 Å². The number of hydrogen-bond donors (Lipinski definition) is 0. The summed E-state index contributed by atoms with van der Waals surface area (Å²) in [6.45, 7) is 2.99. The number of carbonyl (C=O) groups is 1. The third kappa shape index (κ3) is 5.71. The molecule has 0 bridgehead atoms. The normalized spacial score (nSPS) is 20.5. The summed E-state index contributed by atoms with van der Waals surface area (Å²) in [5.41, 5.74) is 3.67. The predicted octanol–water partition coefficient (Wildman–Crippen LogP) is 7.09. The first kappa shape index (κ1) is 28.2. The average Bonchev–Trinajstić information content (AvgIpc) is 3.55. The molecule has 212 valence electrons. The van der Waals surface area contributed by atoms with Gasteiger partial charge in [-0.1, -0.05) is 127 Å². The summed E-state index contributed by atoms with van der Waals surface area (Å²) < 4.78 is 5.60. The smallest absolute Gasteiger partial charge is 0.317 e. The van der Waals surface area contributed by atoms with Gasteiger partial charge in [-0.15, -0.1) is 0 Å². The number of hydrogen-bond acceptors (Lipinski definition) is 6. The van der Waals surface area contributed by atoms with Gasteiger partial charge in [0.2, 0.25) is 0 Å². The summed E-state index contributed by atoms with van der Waals surface area (Å²) in [6.07, 6.45) is 2.93. The van der Waals surface area contributed by atoms with E-state index in [1.165, 1.54) is 23.8 Å². The Bertz CT molecular complexity index is 1490. The highest BCUT2D eigenvalue weighted by molar-refractivity contribution is 8.18. The molecule has 2 fully saturated rings. The van der Waals surface area contributed by atoms with Gasteiger partial charge in [0.1, 0.15) is 16.6 Å². The Morgan fingerprint density at radius 3 is 1.76 bits per heavy atom. The molecule has 4 aromatic rings. The monoisotopic (exact) mass is 573 g/mol. The summed E-state index contributed by atoms with van der Waals surface area (Å²) in [6, 6.07) is 41.5. The molecule has 2 heterocycles. The van der Waals surface area contributed by atoms with Gasteiger partial charge in [-0.2, -0.15) is 0 Å². The Morgan fingerprint density at radius 1 is 0.786 bits per heavy atom. The Morgan fingerprint density at radius 2 is 1.26 bits per heavy atom. The molecule has 0 aromatic heterocycles. The van der Waals surface area contributed by atoms with Crippen molar-refractivity contribution in [3.63, 3.8) is 0 Å². The van der Waals surface area contributed by atoms with Crippen LogP contribution in [0.5, 0.6) is 0 Å². The van der Waals surface area contributed by atoms with Crippen molar-refractivity contribution in [2.45, 2.75) is 25.2 Å². The molecule has 2 aliphatic rings. The number of rotatable bonds is 8. The molecule has 1 atom stereocenters. The first-order chi connectivity index (χ1) is 20.7. The van der Waals surface area contributed by atoms with Crippen molar-refractivity contribution in [1.82, 2.24) is 9.80 Å². The van der Waals surface area contributed by atoms with E-state index in [0.717, 1.165) is 35.1 Å². The Kier molecular flexibility index (Phi) is 8.65. The molecule has 1 unspecified atom stereocenters. The summed E-state index contributed by atoms with van der Waals surface area (Å²) in [5.74, 6) is -0.785. The van der Waals surface area contributed by atoms with Gasteiger partial charge in [-0.05, 0) is 35.2 Å². The molecule has 6 heteroatoms. The van der Waals surface area contributed by atoms with E-state index in [2.05, 4.69) is 88.7 Å². The number of benzene rings is 4. The van der Waals surface area contributed by atoms with Crippen LogP contribution in [0.2, 0.25) is 0 Å². The highest BCUT2D eigenvalue weighted by Gasteiger charge is 2.64. The van der Waals surface area contributed by atoms with Crippen LogP contribution in [0.4, 0.5) is 5.69 Å². The van der Waals surface area contributed by atoms with Crippen LogP contribution in [0, 0.1) is 5.92 Å². The summed E-state index contributed by atoms with van der Waals surface area (Å²) in [4.78, 5) is 25.2. The molecule has 2 aliphatic heterocycles. The Labute approximate surface area is 252 Å². The van der Waals surface area contributed by atoms with E-state index in [1.807, 2.05) is 48.5 Å². The third-order valence-electron chi connectivity index (χ3n) is 8.06. The zero-order chi connectivity index (χ0) is 28.8. The fourth-order valence-corrected chi connectivity index (χ4v) is 7.55.